The summed E-state index contributed by atoms with van der Waals surface area (Å²) < 4.78 is 15.7. The summed E-state index contributed by atoms with van der Waals surface area (Å²) >= 11 is 0. The molecule has 0 amide bonds. The van der Waals surface area contributed by atoms with E-state index in [-0.39, 0.29) is 18.9 Å². The number of benzene rings is 1. The van der Waals surface area contributed by atoms with Crippen molar-refractivity contribution in [2.24, 2.45) is 0 Å². The fraction of sp³-hybridized carbons (Fsp3) is 0.357. The van der Waals surface area contributed by atoms with Gasteiger partial charge in [-0.15, -0.1) is 0 Å². The Kier molecular flexibility index (Phi) is 4.78. The Labute approximate surface area is 106 Å². The molecule has 0 N–H and O–H groups in total. The molecule has 1 aromatic rings. The van der Waals surface area contributed by atoms with Crippen LogP contribution in [0.4, 0.5) is 0 Å². The van der Waals surface area contributed by atoms with Crippen LogP contribution in [-0.2, 0) is 14.2 Å². The Morgan fingerprint density at radius 2 is 2.11 bits per heavy atom. The molecule has 0 saturated heterocycles. The van der Waals surface area contributed by atoms with Crippen molar-refractivity contribution < 1.29 is 19.0 Å². The Hall–Kier alpha value is -1.81. The van der Waals surface area contributed by atoms with E-state index in [1.54, 1.807) is 30.5 Å². The molecule has 0 saturated carbocycles. The maximum absolute atomic E-state index is 11.6. The molecule has 2 rings (SSSR count). The van der Waals surface area contributed by atoms with Crippen LogP contribution in [0.2, 0.25) is 0 Å². The molecule has 1 aliphatic rings. The van der Waals surface area contributed by atoms with Crippen LogP contribution in [-0.4, -0.2) is 25.5 Å². The van der Waals surface area contributed by atoms with E-state index in [1.807, 2.05) is 12.1 Å². The molecule has 0 radical (unpaired) electrons. The summed E-state index contributed by atoms with van der Waals surface area (Å²) in [5.74, 6) is -0.330. The Balaban J connectivity index is 1.63. The van der Waals surface area contributed by atoms with Gasteiger partial charge in [-0.05, 0) is 24.6 Å². The highest BCUT2D eigenvalue weighted by atomic mass is 16.7. The van der Waals surface area contributed by atoms with E-state index >= 15 is 0 Å². The van der Waals surface area contributed by atoms with Gasteiger partial charge >= 0.3 is 5.97 Å². The summed E-state index contributed by atoms with van der Waals surface area (Å²) in [6, 6.07) is 8.90. The molecule has 18 heavy (non-hydrogen) atoms. The van der Waals surface area contributed by atoms with E-state index < -0.39 is 0 Å². The van der Waals surface area contributed by atoms with Crippen LogP contribution in [0.1, 0.15) is 23.2 Å². The van der Waals surface area contributed by atoms with Crippen molar-refractivity contribution in [2.45, 2.75) is 19.1 Å². The third-order valence-electron chi connectivity index (χ3n) is 2.53. The van der Waals surface area contributed by atoms with Crippen LogP contribution in [0.5, 0.6) is 0 Å². The van der Waals surface area contributed by atoms with Gasteiger partial charge in [0.15, 0.2) is 6.29 Å². The fourth-order valence-electron chi connectivity index (χ4n) is 1.61. The number of ether oxygens (including phenoxy) is 3. The van der Waals surface area contributed by atoms with Crippen LogP contribution < -0.4 is 0 Å². The maximum atomic E-state index is 11.6. The second kappa shape index (κ2) is 6.81. The molecule has 0 bridgehead atoms. The van der Waals surface area contributed by atoms with Gasteiger partial charge < -0.3 is 14.2 Å². The molecule has 1 aromatic carbocycles. The number of esters is 1. The average molecular weight is 248 g/mol. The number of carbonyl (C=O) groups is 1. The average Bonchev–Trinajstić information content (AvgIpc) is 2.45. The zero-order chi connectivity index (χ0) is 12.6. The van der Waals surface area contributed by atoms with Crippen LogP contribution in [0.15, 0.2) is 42.7 Å². The third-order valence-corrected chi connectivity index (χ3v) is 2.53. The zero-order valence-electron chi connectivity index (χ0n) is 10.1. The fourth-order valence-corrected chi connectivity index (χ4v) is 1.61. The smallest absolute Gasteiger partial charge is 0.338 e. The first kappa shape index (κ1) is 12.6. The van der Waals surface area contributed by atoms with Gasteiger partial charge in [-0.3, -0.25) is 0 Å². The number of carbonyl (C=O) groups excluding carboxylic acids is 1. The van der Waals surface area contributed by atoms with Gasteiger partial charge in [-0.1, -0.05) is 18.2 Å². The minimum atomic E-state index is -0.330. The second-order valence-corrected chi connectivity index (χ2v) is 3.89. The van der Waals surface area contributed by atoms with Crippen LogP contribution in [0.25, 0.3) is 0 Å². The Bertz CT molecular complexity index is 400. The van der Waals surface area contributed by atoms with Crippen molar-refractivity contribution in [3.8, 4) is 0 Å². The summed E-state index contributed by atoms with van der Waals surface area (Å²) in [5.41, 5.74) is 0.550. The summed E-state index contributed by atoms with van der Waals surface area (Å²) in [6.07, 6.45) is 5.17. The first-order valence-corrected chi connectivity index (χ1v) is 6.00. The predicted molar refractivity (Wildman–Crippen MR) is 65.9 cm³/mol. The Morgan fingerprint density at radius 3 is 2.83 bits per heavy atom. The summed E-state index contributed by atoms with van der Waals surface area (Å²) in [7, 11) is 0. The van der Waals surface area contributed by atoms with Crippen LogP contribution in [0, 0.1) is 0 Å². The standard InChI is InChI=1S/C14H16O4/c15-14(12-6-2-1-3-7-12)18-11-10-17-13-8-4-5-9-16-13/h1-3,5-7,9,13H,4,8,10-11H2. The van der Waals surface area contributed by atoms with Crippen LogP contribution >= 0.6 is 0 Å². The zero-order valence-corrected chi connectivity index (χ0v) is 10.1. The molecule has 0 aromatic heterocycles. The molecule has 1 aliphatic heterocycles. The lowest BCUT2D eigenvalue weighted by Gasteiger charge is -2.19. The highest BCUT2D eigenvalue weighted by Gasteiger charge is 2.11. The predicted octanol–water partition coefficient (Wildman–Crippen LogP) is 2.51. The lowest BCUT2D eigenvalue weighted by Crippen LogP contribution is -2.20. The number of allylic oxidation sites excluding steroid dienone is 1. The molecular formula is C14H16O4. The summed E-state index contributed by atoms with van der Waals surface area (Å²) in [4.78, 5) is 11.6. The van der Waals surface area contributed by atoms with Gasteiger partial charge in [0.25, 0.3) is 0 Å². The lowest BCUT2D eigenvalue weighted by molar-refractivity contribution is -0.122. The van der Waals surface area contributed by atoms with Crippen molar-refractivity contribution in [1.82, 2.24) is 0 Å². The van der Waals surface area contributed by atoms with Crippen LogP contribution in [0.3, 0.4) is 0 Å². The number of hydrogen-bond acceptors (Lipinski definition) is 4. The van der Waals surface area contributed by atoms with Crippen molar-refractivity contribution in [2.75, 3.05) is 13.2 Å². The molecule has 4 nitrogen and oxygen atoms in total. The minimum Gasteiger partial charge on any atom is -0.473 e. The van der Waals surface area contributed by atoms with E-state index in [4.69, 9.17) is 14.2 Å². The molecule has 96 valence electrons. The molecule has 0 spiro atoms. The van der Waals surface area contributed by atoms with E-state index in [1.165, 1.54) is 0 Å². The van der Waals surface area contributed by atoms with E-state index in [0.717, 1.165) is 12.8 Å². The molecular weight excluding hydrogens is 232 g/mol. The lowest BCUT2D eigenvalue weighted by atomic mass is 10.2. The highest BCUT2D eigenvalue weighted by Crippen LogP contribution is 2.11. The first-order chi connectivity index (χ1) is 8.86. The SMILES string of the molecule is O=C(OCCOC1CCC=CO1)c1ccccc1. The monoisotopic (exact) mass is 248 g/mol. The molecule has 0 fully saturated rings. The van der Waals surface area contributed by atoms with Gasteiger partial charge in [0.2, 0.25) is 0 Å². The Morgan fingerprint density at radius 1 is 1.28 bits per heavy atom. The molecule has 1 atom stereocenters. The maximum Gasteiger partial charge on any atom is 0.338 e. The summed E-state index contributed by atoms with van der Waals surface area (Å²) in [5, 5.41) is 0. The number of rotatable bonds is 5. The molecule has 4 heteroatoms. The summed E-state index contributed by atoms with van der Waals surface area (Å²) in [6.45, 7) is 0.578. The topological polar surface area (TPSA) is 44.8 Å². The van der Waals surface area contributed by atoms with E-state index in [9.17, 15) is 4.79 Å². The quantitative estimate of drug-likeness (QED) is 0.593. The highest BCUT2D eigenvalue weighted by molar-refractivity contribution is 5.89. The third kappa shape index (κ3) is 3.89. The van der Waals surface area contributed by atoms with Crippen molar-refractivity contribution in [3.05, 3.63) is 48.2 Å². The minimum absolute atomic E-state index is 0.217. The number of hydrogen-bond donors (Lipinski definition) is 0. The molecule has 1 unspecified atom stereocenters. The van der Waals surface area contributed by atoms with Gasteiger partial charge in [0.05, 0.1) is 18.4 Å². The first-order valence-electron chi connectivity index (χ1n) is 6.00. The normalized spacial score (nSPS) is 18.1. The van der Waals surface area contributed by atoms with Crippen molar-refractivity contribution >= 4 is 5.97 Å². The largest absolute Gasteiger partial charge is 0.473 e. The van der Waals surface area contributed by atoms with Gasteiger partial charge in [-0.2, -0.15) is 0 Å². The molecule has 1 heterocycles. The second-order valence-electron chi connectivity index (χ2n) is 3.89. The van der Waals surface area contributed by atoms with E-state index in [2.05, 4.69) is 0 Å². The van der Waals surface area contributed by atoms with Crippen molar-refractivity contribution in [1.29, 1.82) is 0 Å². The van der Waals surface area contributed by atoms with Gasteiger partial charge in [0.1, 0.15) is 6.61 Å². The van der Waals surface area contributed by atoms with Gasteiger partial charge in [0, 0.05) is 6.42 Å². The van der Waals surface area contributed by atoms with E-state index in [0.29, 0.717) is 12.2 Å². The molecule has 0 aliphatic carbocycles. The van der Waals surface area contributed by atoms with Crippen molar-refractivity contribution in [3.63, 3.8) is 0 Å². The van der Waals surface area contributed by atoms with Gasteiger partial charge in [-0.25, -0.2) is 4.79 Å².